The van der Waals surface area contributed by atoms with Gasteiger partial charge in [0, 0.05) is 46.2 Å². The van der Waals surface area contributed by atoms with Crippen LogP contribution in [0.15, 0.2) is 122 Å². The first-order valence-corrected chi connectivity index (χ1v) is 11.7. The van der Waals surface area contributed by atoms with Crippen molar-refractivity contribution in [1.29, 1.82) is 0 Å². The van der Waals surface area contributed by atoms with E-state index in [1.165, 1.54) is 21.9 Å². The largest absolute Gasteiger partial charge is 0.456 e. The number of nitrogens with zero attached hydrogens (tertiary/aromatic N) is 2. The summed E-state index contributed by atoms with van der Waals surface area (Å²) in [5, 5.41) is 7.83. The lowest BCUT2D eigenvalue weighted by Gasteiger charge is -2.17. The number of hydrogen-bond acceptors (Lipinski definition) is 3. The molecule has 0 fully saturated rings. The van der Waals surface area contributed by atoms with Crippen LogP contribution in [0.5, 0.6) is 11.5 Å². The summed E-state index contributed by atoms with van der Waals surface area (Å²) in [5.74, 6) is 1.59. The number of hydrogen-bond donors (Lipinski definition) is 0. The van der Waals surface area contributed by atoms with E-state index in [1.807, 2.05) is 42.7 Å². The normalized spacial score (nSPS) is 11.4. The van der Waals surface area contributed by atoms with Gasteiger partial charge in [0.2, 0.25) is 0 Å². The number of rotatable bonds is 3. The SMILES string of the molecule is c1ccc2cc(-c3c4ccccc4c(Oc4ccc5cccnc5c4)c4ccncc34)ccc2c1. The van der Waals surface area contributed by atoms with E-state index in [0.29, 0.717) is 0 Å². The van der Waals surface area contributed by atoms with Gasteiger partial charge in [-0.1, -0.05) is 66.7 Å². The maximum Gasteiger partial charge on any atom is 0.143 e. The smallest absolute Gasteiger partial charge is 0.143 e. The zero-order chi connectivity index (χ0) is 23.2. The van der Waals surface area contributed by atoms with Gasteiger partial charge in [-0.3, -0.25) is 9.97 Å². The van der Waals surface area contributed by atoms with E-state index in [-0.39, 0.29) is 0 Å². The van der Waals surface area contributed by atoms with Crippen molar-refractivity contribution in [2.75, 3.05) is 0 Å². The molecule has 0 unspecified atom stereocenters. The second kappa shape index (κ2) is 7.93. The number of pyridine rings is 2. The molecule has 7 rings (SSSR count). The molecule has 0 aliphatic rings. The van der Waals surface area contributed by atoms with Crippen LogP contribution in [-0.2, 0) is 0 Å². The first kappa shape index (κ1) is 19.7. The molecule has 3 heteroatoms. The topological polar surface area (TPSA) is 35.0 Å². The molecule has 0 saturated heterocycles. The Hall–Kier alpha value is -4.76. The van der Waals surface area contributed by atoms with Gasteiger partial charge in [-0.05, 0) is 57.6 Å². The monoisotopic (exact) mass is 448 g/mol. The van der Waals surface area contributed by atoms with Crippen LogP contribution in [-0.4, -0.2) is 9.97 Å². The molecule has 3 nitrogen and oxygen atoms in total. The van der Waals surface area contributed by atoms with Gasteiger partial charge in [0.1, 0.15) is 11.5 Å². The van der Waals surface area contributed by atoms with Gasteiger partial charge >= 0.3 is 0 Å². The molecule has 0 N–H and O–H groups in total. The summed E-state index contributed by atoms with van der Waals surface area (Å²) in [6.45, 7) is 0. The van der Waals surface area contributed by atoms with Crippen molar-refractivity contribution in [2.45, 2.75) is 0 Å². The summed E-state index contributed by atoms with van der Waals surface area (Å²) in [6.07, 6.45) is 5.58. The van der Waals surface area contributed by atoms with Crippen molar-refractivity contribution in [3.8, 4) is 22.6 Å². The lowest BCUT2D eigenvalue weighted by molar-refractivity contribution is 0.494. The van der Waals surface area contributed by atoms with Crippen LogP contribution in [0.25, 0.3) is 54.3 Å². The van der Waals surface area contributed by atoms with Gasteiger partial charge in [0.15, 0.2) is 0 Å². The highest BCUT2D eigenvalue weighted by atomic mass is 16.5. The summed E-state index contributed by atoms with van der Waals surface area (Å²) in [5.41, 5.74) is 3.24. The number of ether oxygens (including phenoxy) is 1. The predicted octanol–water partition coefficient (Wildman–Crippen LogP) is 8.55. The van der Waals surface area contributed by atoms with Gasteiger partial charge in [0.25, 0.3) is 0 Å². The van der Waals surface area contributed by atoms with E-state index in [0.717, 1.165) is 43.9 Å². The Morgan fingerprint density at radius 3 is 2.26 bits per heavy atom. The molecule has 0 spiro atoms. The zero-order valence-corrected chi connectivity index (χ0v) is 18.8. The van der Waals surface area contributed by atoms with E-state index >= 15 is 0 Å². The van der Waals surface area contributed by atoms with Gasteiger partial charge in [0.05, 0.1) is 5.52 Å². The fourth-order valence-electron chi connectivity index (χ4n) is 4.97. The molecule has 0 aliphatic carbocycles. The van der Waals surface area contributed by atoms with Crippen LogP contribution >= 0.6 is 0 Å². The summed E-state index contributed by atoms with van der Waals surface area (Å²) < 4.78 is 6.61. The maximum atomic E-state index is 6.61. The quantitative estimate of drug-likeness (QED) is 0.254. The Kier molecular flexibility index (Phi) is 4.46. The molecule has 35 heavy (non-hydrogen) atoms. The molecule has 164 valence electrons. The average Bonchev–Trinajstić information content (AvgIpc) is 2.93. The molecule has 0 amide bonds. The van der Waals surface area contributed by atoms with Crippen LogP contribution in [0.3, 0.4) is 0 Å². The Morgan fingerprint density at radius 2 is 1.31 bits per heavy atom. The van der Waals surface area contributed by atoms with Crippen molar-refractivity contribution in [1.82, 2.24) is 9.97 Å². The second-order valence-corrected chi connectivity index (χ2v) is 8.69. The third kappa shape index (κ3) is 3.29. The number of aromatic nitrogens is 2. The minimum atomic E-state index is 0.762. The van der Waals surface area contributed by atoms with Crippen molar-refractivity contribution in [2.24, 2.45) is 0 Å². The predicted molar refractivity (Wildman–Crippen MR) is 144 cm³/mol. The van der Waals surface area contributed by atoms with Crippen LogP contribution in [0, 0.1) is 0 Å². The van der Waals surface area contributed by atoms with E-state index in [9.17, 15) is 0 Å². The van der Waals surface area contributed by atoms with E-state index in [1.54, 1.807) is 6.20 Å². The summed E-state index contributed by atoms with van der Waals surface area (Å²) in [7, 11) is 0. The van der Waals surface area contributed by atoms with Crippen molar-refractivity contribution in [3.63, 3.8) is 0 Å². The van der Waals surface area contributed by atoms with Crippen LogP contribution in [0.2, 0.25) is 0 Å². The molecule has 0 atom stereocenters. The first-order valence-electron chi connectivity index (χ1n) is 11.7. The Labute approximate surface area is 202 Å². The minimum absolute atomic E-state index is 0.762. The Bertz CT molecular complexity index is 1830. The van der Waals surface area contributed by atoms with Crippen LogP contribution in [0.4, 0.5) is 0 Å². The highest BCUT2D eigenvalue weighted by molar-refractivity contribution is 6.17. The molecule has 2 aromatic heterocycles. The molecule has 0 aliphatic heterocycles. The molecular formula is C32H20N2O. The zero-order valence-electron chi connectivity index (χ0n) is 18.8. The van der Waals surface area contributed by atoms with Crippen molar-refractivity contribution < 1.29 is 4.74 Å². The minimum Gasteiger partial charge on any atom is -0.456 e. The summed E-state index contributed by atoms with van der Waals surface area (Å²) in [6, 6.07) is 35.7. The molecule has 7 aromatic rings. The molecular weight excluding hydrogens is 428 g/mol. The lowest BCUT2D eigenvalue weighted by Crippen LogP contribution is -1.93. The van der Waals surface area contributed by atoms with E-state index in [4.69, 9.17) is 4.74 Å². The van der Waals surface area contributed by atoms with Crippen molar-refractivity contribution in [3.05, 3.63) is 122 Å². The fraction of sp³-hybridized carbons (Fsp3) is 0. The van der Waals surface area contributed by atoms with E-state index in [2.05, 4.69) is 82.8 Å². The maximum absolute atomic E-state index is 6.61. The van der Waals surface area contributed by atoms with Crippen LogP contribution in [0.1, 0.15) is 0 Å². The summed E-state index contributed by atoms with van der Waals surface area (Å²) in [4.78, 5) is 8.99. The van der Waals surface area contributed by atoms with Gasteiger partial charge in [-0.25, -0.2) is 0 Å². The van der Waals surface area contributed by atoms with Gasteiger partial charge in [-0.15, -0.1) is 0 Å². The van der Waals surface area contributed by atoms with Crippen LogP contribution < -0.4 is 4.74 Å². The first-order chi connectivity index (χ1) is 17.3. The molecule has 0 radical (unpaired) electrons. The standard InChI is InChI=1S/C32H20N2O/c1-2-7-23-18-24(12-11-21(23)6-1)31-26-9-3-4-10-27(26)32(28-15-17-33-20-29(28)31)35-25-14-13-22-8-5-16-34-30(22)19-25/h1-20H. The highest BCUT2D eigenvalue weighted by Gasteiger charge is 2.17. The van der Waals surface area contributed by atoms with Gasteiger partial charge in [-0.2, -0.15) is 0 Å². The molecule has 0 saturated carbocycles. The molecule has 2 heterocycles. The Balaban J connectivity index is 1.50. The lowest BCUT2D eigenvalue weighted by atomic mass is 9.91. The number of fused-ring (bicyclic) bond motifs is 4. The molecule has 5 aromatic carbocycles. The van der Waals surface area contributed by atoms with Crippen molar-refractivity contribution >= 4 is 43.2 Å². The third-order valence-corrected chi connectivity index (χ3v) is 6.61. The second-order valence-electron chi connectivity index (χ2n) is 8.69. The summed E-state index contributed by atoms with van der Waals surface area (Å²) >= 11 is 0. The fourth-order valence-corrected chi connectivity index (χ4v) is 4.97. The molecule has 0 bridgehead atoms. The van der Waals surface area contributed by atoms with Gasteiger partial charge < -0.3 is 4.74 Å². The average molecular weight is 449 g/mol. The highest BCUT2D eigenvalue weighted by Crippen LogP contribution is 2.44. The Morgan fingerprint density at radius 1 is 0.543 bits per heavy atom. The van der Waals surface area contributed by atoms with E-state index < -0.39 is 0 Å². The number of benzene rings is 5. The third-order valence-electron chi connectivity index (χ3n) is 6.61.